The van der Waals surface area contributed by atoms with Crippen LogP contribution in [0.4, 0.5) is 0 Å². The molecule has 1 atom stereocenters. The summed E-state index contributed by atoms with van der Waals surface area (Å²) in [6, 6.07) is 3.23. The van der Waals surface area contributed by atoms with Crippen molar-refractivity contribution in [3.8, 4) is 0 Å². The van der Waals surface area contributed by atoms with Crippen molar-refractivity contribution in [1.82, 2.24) is 10.2 Å². The van der Waals surface area contributed by atoms with E-state index < -0.39 is 12.0 Å². The maximum atomic E-state index is 12.3. The Bertz CT molecular complexity index is 608. The first kappa shape index (κ1) is 15.7. The van der Waals surface area contributed by atoms with Crippen LogP contribution in [0.5, 0.6) is 0 Å². The number of nitrogens with one attached hydrogen (secondary N) is 1. The van der Waals surface area contributed by atoms with Crippen LogP contribution in [-0.2, 0) is 14.3 Å². The summed E-state index contributed by atoms with van der Waals surface area (Å²) in [6.07, 6.45) is 0. The largest absolute Gasteiger partial charge is 0.463 e. The number of thiophene rings is 1. The van der Waals surface area contributed by atoms with Gasteiger partial charge in [-0.2, -0.15) is 0 Å². The van der Waals surface area contributed by atoms with Gasteiger partial charge in [-0.15, -0.1) is 11.3 Å². The average Bonchev–Trinajstić information content (AvgIpc) is 2.90. The number of allylic oxidation sites excluding steroid dienone is 1. The summed E-state index contributed by atoms with van der Waals surface area (Å²) >= 11 is 6.72. The van der Waals surface area contributed by atoms with Crippen molar-refractivity contribution in [3.63, 3.8) is 0 Å². The van der Waals surface area contributed by atoms with E-state index in [1.165, 1.54) is 23.2 Å². The Morgan fingerprint density at radius 1 is 1.52 bits per heavy atom. The molecule has 0 unspecified atom stereocenters. The zero-order chi connectivity index (χ0) is 15.6. The Morgan fingerprint density at radius 2 is 2.24 bits per heavy atom. The van der Waals surface area contributed by atoms with Crippen molar-refractivity contribution >= 4 is 40.5 Å². The first-order valence-corrected chi connectivity index (χ1v) is 7.78. The van der Waals surface area contributed by atoms with Crippen molar-refractivity contribution in [2.45, 2.75) is 26.8 Å². The predicted octanol–water partition coefficient (Wildman–Crippen LogP) is 2.36. The molecule has 1 aliphatic rings. The second-order valence-corrected chi connectivity index (χ2v) is 5.86. The third kappa shape index (κ3) is 2.98. The van der Waals surface area contributed by atoms with Crippen LogP contribution >= 0.6 is 23.6 Å². The van der Waals surface area contributed by atoms with Gasteiger partial charge in [0.1, 0.15) is 6.04 Å². The minimum absolute atomic E-state index is 0.222. The molecule has 0 bridgehead atoms. The Labute approximate surface area is 132 Å². The monoisotopic (exact) mass is 324 g/mol. The molecule has 0 radical (unpaired) electrons. The predicted molar refractivity (Wildman–Crippen MR) is 84.6 cm³/mol. The van der Waals surface area contributed by atoms with E-state index in [-0.39, 0.29) is 12.5 Å². The molecule has 1 amide bonds. The smallest absolute Gasteiger partial charge is 0.338 e. The lowest BCUT2D eigenvalue weighted by molar-refractivity contribution is -0.139. The van der Waals surface area contributed by atoms with Crippen LogP contribution in [0.3, 0.4) is 0 Å². The van der Waals surface area contributed by atoms with Crippen molar-refractivity contribution in [2.75, 3.05) is 6.61 Å². The van der Waals surface area contributed by atoms with Gasteiger partial charge in [0.15, 0.2) is 5.11 Å². The molecule has 1 aliphatic heterocycles. The van der Waals surface area contributed by atoms with Crippen LogP contribution in [0.2, 0.25) is 0 Å². The van der Waals surface area contributed by atoms with Gasteiger partial charge in [0, 0.05) is 17.5 Å². The molecule has 7 heteroatoms. The summed E-state index contributed by atoms with van der Waals surface area (Å²) in [7, 11) is 0. The summed E-state index contributed by atoms with van der Waals surface area (Å²) in [5.74, 6) is -0.658. The Kier molecular flexibility index (Phi) is 4.74. The summed E-state index contributed by atoms with van der Waals surface area (Å²) in [5.41, 5.74) is 1.04. The molecule has 0 fully saturated rings. The quantitative estimate of drug-likeness (QED) is 0.683. The van der Waals surface area contributed by atoms with Gasteiger partial charge in [-0.05, 0) is 37.5 Å². The summed E-state index contributed by atoms with van der Waals surface area (Å²) in [6.45, 7) is 5.21. The minimum atomic E-state index is -0.532. The van der Waals surface area contributed by atoms with Crippen molar-refractivity contribution in [1.29, 1.82) is 0 Å². The first-order valence-electron chi connectivity index (χ1n) is 6.49. The molecule has 2 heterocycles. The molecule has 5 nitrogen and oxygen atoms in total. The van der Waals surface area contributed by atoms with Crippen molar-refractivity contribution in [3.05, 3.63) is 33.7 Å². The maximum absolute atomic E-state index is 12.3. The van der Waals surface area contributed by atoms with Gasteiger partial charge in [0.05, 0.1) is 12.2 Å². The van der Waals surface area contributed by atoms with Gasteiger partial charge in [0.2, 0.25) is 5.91 Å². The van der Waals surface area contributed by atoms with E-state index in [0.29, 0.717) is 16.4 Å². The summed E-state index contributed by atoms with van der Waals surface area (Å²) in [4.78, 5) is 26.6. The zero-order valence-corrected chi connectivity index (χ0v) is 13.6. The Balaban J connectivity index is 2.56. The molecular formula is C14H16N2O3S2. The minimum Gasteiger partial charge on any atom is -0.463 e. The number of amides is 1. The molecular weight excluding hydrogens is 308 g/mol. The van der Waals surface area contributed by atoms with E-state index >= 15 is 0 Å². The number of carbonyl (C=O) groups excluding carboxylic acids is 2. The number of hydrogen-bond donors (Lipinski definition) is 1. The molecule has 21 heavy (non-hydrogen) atoms. The number of thiocarbonyl (C=S) groups is 1. The molecule has 0 spiro atoms. The molecule has 1 aromatic heterocycles. The van der Waals surface area contributed by atoms with E-state index in [9.17, 15) is 9.59 Å². The lowest BCUT2D eigenvalue weighted by Crippen LogP contribution is -2.50. The molecule has 2 rings (SSSR count). The van der Waals surface area contributed by atoms with Gasteiger partial charge in [-0.1, -0.05) is 6.07 Å². The highest BCUT2D eigenvalue weighted by molar-refractivity contribution is 7.80. The van der Waals surface area contributed by atoms with Gasteiger partial charge < -0.3 is 10.1 Å². The normalized spacial score (nSPS) is 18.5. The molecule has 112 valence electrons. The van der Waals surface area contributed by atoms with Crippen LogP contribution in [0.25, 0.3) is 0 Å². The van der Waals surface area contributed by atoms with E-state index in [2.05, 4.69) is 5.32 Å². The number of hydrogen-bond acceptors (Lipinski definition) is 5. The SMILES string of the molecule is CCOC(=O)C1=C(C)NC(=S)N(C(C)=O)[C@H]1c1cccs1. The molecule has 0 aliphatic carbocycles. The fourth-order valence-electron chi connectivity index (χ4n) is 2.25. The number of nitrogens with zero attached hydrogens (tertiary/aromatic N) is 1. The second-order valence-electron chi connectivity index (χ2n) is 4.50. The fourth-order valence-corrected chi connectivity index (χ4v) is 3.46. The number of esters is 1. The summed E-state index contributed by atoms with van der Waals surface area (Å²) < 4.78 is 5.13. The fraction of sp³-hybridized carbons (Fsp3) is 0.357. The highest BCUT2D eigenvalue weighted by Gasteiger charge is 2.39. The Morgan fingerprint density at radius 3 is 2.76 bits per heavy atom. The van der Waals surface area contributed by atoms with Crippen LogP contribution in [0.15, 0.2) is 28.8 Å². The highest BCUT2D eigenvalue weighted by Crippen LogP contribution is 2.36. The van der Waals surface area contributed by atoms with Crippen LogP contribution in [0, 0.1) is 0 Å². The van der Waals surface area contributed by atoms with Crippen LogP contribution in [0.1, 0.15) is 31.7 Å². The number of carbonyl (C=O) groups is 2. The average molecular weight is 324 g/mol. The number of rotatable bonds is 3. The standard InChI is InChI=1S/C14H16N2O3S2/c1-4-19-13(18)11-8(2)15-14(20)16(9(3)17)12(11)10-6-5-7-21-10/h5-7,12H,4H2,1-3H3,(H,15,20)/t12-/m0/s1. The zero-order valence-electron chi connectivity index (χ0n) is 12.0. The van der Waals surface area contributed by atoms with Crippen molar-refractivity contribution in [2.24, 2.45) is 0 Å². The first-order chi connectivity index (χ1) is 9.97. The lowest BCUT2D eigenvalue weighted by Gasteiger charge is -2.37. The number of ether oxygens (including phenoxy) is 1. The molecule has 0 saturated heterocycles. The van der Waals surface area contributed by atoms with Crippen LogP contribution < -0.4 is 5.32 Å². The molecule has 0 saturated carbocycles. The van der Waals surface area contributed by atoms with E-state index in [0.717, 1.165) is 4.88 Å². The third-order valence-electron chi connectivity index (χ3n) is 3.10. The lowest BCUT2D eigenvalue weighted by atomic mass is 9.99. The molecule has 0 aromatic carbocycles. The summed E-state index contributed by atoms with van der Waals surface area (Å²) in [5, 5.41) is 5.11. The maximum Gasteiger partial charge on any atom is 0.338 e. The van der Waals surface area contributed by atoms with E-state index in [1.807, 2.05) is 17.5 Å². The van der Waals surface area contributed by atoms with Crippen molar-refractivity contribution < 1.29 is 14.3 Å². The second kappa shape index (κ2) is 6.36. The van der Waals surface area contributed by atoms with Gasteiger partial charge in [-0.3, -0.25) is 9.69 Å². The molecule has 1 aromatic rings. The Hall–Kier alpha value is -1.73. The van der Waals surface area contributed by atoms with Gasteiger partial charge in [-0.25, -0.2) is 4.79 Å². The van der Waals surface area contributed by atoms with Crippen LogP contribution in [-0.4, -0.2) is 28.5 Å². The van der Waals surface area contributed by atoms with Gasteiger partial charge >= 0.3 is 5.97 Å². The van der Waals surface area contributed by atoms with Gasteiger partial charge in [0.25, 0.3) is 0 Å². The third-order valence-corrected chi connectivity index (χ3v) is 4.32. The molecule has 1 N–H and O–H groups in total. The topological polar surface area (TPSA) is 58.6 Å². The van der Waals surface area contributed by atoms with E-state index in [4.69, 9.17) is 17.0 Å². The van der Waals surface area contributed by atoms with E-state index in [1.54, 1.807) is 13.8 Å². The highest BCUT2D eigenvalue weighted by atomic mass is 32.1.